The normalized spacial score (nSPS) is 10.5. The van der Waals surface area contributed by atoms with E-state index in [-0.39, 0.29) is 12.4 Å². The van der Waals surface area contributed by atoms with E-state index in [1.165, 1.54) is 0 Å². The van der Waals surface area contributed by atoms with Crippen LogP contribution in [0.1, 0.15) is 11.1 Å². The molecule has 0 saturated heterocycles. The van der Waals surface area contributed by atoms with E-state index in [1.807, 2.05) is 12.1 Å². The zero-order chi connectivity index (χ0) is 15.8. The molecule has 0 aliphatic rings. The standard InChI is InChI=1S/C17H15ClN2O2/c1-21-16-10-6-14(7-11-16)17(19)20-22-12-2-3-13-4-8-15(18)9-5-13/h4-11H,12H2,1H3,(H2,19,20). The topological polar surface area (TPSA) is 56.8 Å². The molecule has 0 spiro atoms. The number of rotatable bonds is 4. The summed E-state index contributed by atoms with van der Waals surface area (Å²) in [5.41, 5.74) is 7.44. The van der Waals surface area contributed by atoms with Gasteiger partial charge in [0.05, 0.1) is 7.11 Å². The van der Waals surface area contributed by atoms with Gasteiger partial charge in [-0.3, -0.25) is 0 Å². The van der Waals surface area contributed by atoms with Crippen LogP contribution in [0.3, 0.4) is 0 Å². The van der Waals surface area contributed by atoms with Gasteiger partial charge in [0.1, 0.15) is 5.75 Å². The van der Waals surface area contributed by atoms with E-state index >= 15 is 0 Å². The Labute approximate surface area is 134 Å². The minimum atomic E-state index is 0.152. The number of ether oxygens (including phenoxy) is 1. The van der Waals surface area contributed by atoms with Crippen LogP contribution in [0.15, 0.2) is 53.7 Å². The molecule has 2 aromatic rings. The third kappa shape index (κ3) is 4.72. The van der Waals surface area contributed by atoms with Crippen molar-refractivity contribution in [2.75, 3.05) is 13.7 Å². The summed E-state index contributed by atoms with van der Waals surface area (Å²) in [6, 6.07) is 14.5. The van der Waals surface area contributed by atoms with Crippen molar-refractivity contribution in [1.82, 2.24) is 0 Å². The summed E-state index contributed by atoms with van der Waals surface area (Å²) in [5, 5.41) is 4.50. The zero-order valence-electron chi connectivity index (χ0n) is 12.0. The molecule has 5 heteroatoms. The second-order valence-corrected chi connectivity index (χ2v) is 4.72. The van der Waals surface area contributed by atoms with Crippen molar-refractivity contribution in [3.8, 4) is 17.6 Å². The van der Waals surface area contributed by atoms with E-state index in [0.29, 0.717) is 5.02 Å². The monoisotopic (exact) mass is 314 g/mol. The average Bonchev–Trinajstić information content (AvgIpc) is 2.56. The van der Waals surface area contributed by atoms with Crippen LogP contribution in [-0.4, -0.2) is 19.6 Å². The summed E-state index contributed by atoms with van der Waals surface area (Å²) >= 11 is 5.80. The van der Waals surface area contributed by atoms with Crippen molar-refractivity contribution >= 4 is 17.4 Å². The number of oxime groups is 1. The minimum absolute atomic E-state index is 0.152. The first-order valence-electron chi connectivity index (χ1n) is 6.53. The first kappa shape index (κ1) is 15.7. The summed E-state index contributed by atoms with van der Waals surface area (Å²) < 4.78 is 5.07. The van der Waals surface area contributed by atoms with Gasteiger partial charge in [-0.2, -0.15) is 0 Å². The fourth-order valence-corrected chi connectivity index (χ4v) is 1.75. The highest BCUT2D eigenvalue weighted by atomic mass is 35.5. The summed E-state index contributed by atoms with van der Waals surface area (Å²) in [6.45, 7) is 0.152. The number of hydrogen-bond donors (Lipinski definition) is 1. The van der Waals surface area contributed by atoms with Crippen LogP contribution in [-0.2, 0) is 4.84 Å². The molecule has 2 rings (SSSR count). The molecular formula is C17H15ClN2O2. The van der Waals surface area contributed by atoms with Crippen LogP contribution in [0.5, 0.6) is 5.75 Å². The number of benzene rings is 2. The molecule has 0 atom stereocenters. The van der Waals surface area contributed by atoms with Gasteiger partial charge in [-0.1, -0.05) is 28.6 Å². The van der Waals surface area contributed by atoms with Crippen molar-refractivity contribution in [2.45, 2.75) is 0 Å². The molecule has 0 fully saturated rings. The highest BCUT2D eigenvalue weighted by Crippen LogP contribution is 2.11. The Hall–Kier alpha value is -2.64. The Morgan fingerprint density at radius 3 is 2.45 bits per heavy atom. The molecule has 22 heavy (non-hydrogen) atoms. The van der Waals surface area contributed by atoms with Crippen LogP contribution < -0.4 is 10.5 Å². The summed E-state index contributed by atoms with van der Waals surface area (Å²) in [6.07, 6.45) is 0. The Morgan fingerprint density at radius 1 is 1.14 bits per heavy atom. The molecule has 0 saturated carbocycles. The van der Waals surface area contributed by atoms with Gasteiger partial charge in [0, 0.05) is 16.1 Å². The summed E-state index contributed by atoms with van der Waals surface area (Å²) in [5.74, 6) is 6.83. The Morgan fingerprint density at radius 2 is 1.82 bits per heavy atom. The van der Waals surface area contributed by atoms with E-state index in [1.54, 1.807) is 43.5 Å². The molecular weight excluding hydrogens is 300 g/mol. The van der Waals surface area contributed by atoms with Gasteiger partial charge in [0.2, 0.25) is 0 Å². The van der Waals surface area contributed by atoms with Gasteiger partial charge in [-0.15, -0.1) is 0 Å². The van der Waals surface area contributed by atoms with Gasteiger partial charge >= 0.3 is 0 Å². The molecule has 0 amide bonds. The minimum Gasteiger partial charge on any atom is -0.497 e. The van der Waals surface area contributed by atoms with E-state index in [2.05, 4.69) is 17.0 Å². The summed E-state index contributed by atoms with van der Waals surface area (Å²) in [4.78, 5) is 5.08. The van der Waals surface area contributed by atoms with Gasteiger partial charge in [-0.25, -0.2) is 0 Å². The first-order valence-corrected chi connectivity index (χ1v) is 6.91. The van der Waals surface area contributed by atoms with Gasteiger partial charge < -0.3 is 15.3 Å². The van der Waals surface area contributed by atoms with Crippen molar-refractivity contribution in [3.63, 3.8) is 0 Å². The Balaban J connectivity index is 1.87. The van der Waals surface area contributed by atoms with E-state index in [9.17, 15) is 0 Å². The van der Waals surface area contributed by atoms with Crippen molar-refractivity contribution in [2.24, 2.45) is 10.9 Å². The first-order chi connectivity index (χ1) is 10.7. The van der Waals surface area contributed by atoms with E-state index in [0.717, 1.165) is 16.9 Å². The molecule has 4 nitrogen and oxygen atoms in total. The Bertz CT molecular complexity index is 698. The fraction of sp³-hybridized carbons (Fsp3) is 0.118. The second kappa shape index (κ2) is 7.96. The maximum atomic E-state index is 5.82. The average molecular weight is 315 g/mol. The molecule has 0 heterocycles. The Kier molecular flexibility index (Phi) is 5.70. The van der Waals surface area contributed by atoms with Gasteiger partial charge in [0.15, 0.2) is 12.4 Å². The molecule has 0 aliphatic heterocycles. The highest BCUT2D eigenvalue weighted by molar-refractivity contribution is 6.30. The molecule has 0 unspecified atom stereocenters. The number of hydrogen-bond acceptors (Lipinski definition) is 3. The van der Waals surface area contributed by atoms with Crippen molar-refractivity contribution < 1.29 is 9.57 Å². The van der Waals surface area contributed by atoms with Crippen LogP contribution in [0.2, 0.25) is 5.02 Å². The zero-order valence-corrected chi connectivity index (χ0v) is 12.8. The third-order valence-corrected chi connectivity index (χ3v) is 3.01. The maximum absolute atomic E-state index is 5.82. The smallest absolute Gasteiger partial charge is 0.177 e. The van der Waals surface area contributed by atoms with E-state index in [4.69, 9.17) is 26.9 Å². The lowest BCUT2D eigenvalue weighted by Crippen LogP contribution is -2.13. The van der Waals surface area contributed by atoms with Crippen LogP contribution in [0, 0.1) is 11.8 Å². The quantitative estimate of drug-likeness (QED) is 0.310. The lowest BCUT2D eigenvalue weighted by molar-refractivity contribution is 0.179. The van der Waals surface area contributed by atoms with Crippen LogP contribution in [0.25, 0.3) is 0 Å². The lowest BCUT2D eigenvalue weighted by atomic mass is 10.2. The van der Waals surface area contributed by atoms with Gasteiger partial charge in [0.25, 0.3) is 0 Å². The number of nitrogens with zero attached hydrogens (tertiary/aromatic N) is 1. The van der Waals surface area contributed by atoms with Crippen molar-refractivity contribution in [3.05, 3.63) is 64.7 Å². The molecule has 0 aliphatic carbocycles. The fourth-order valence-electron chi connectivity index (χ4n) is 1.62. The summed E-state index contributed by atoms with van der Waals surface area (Å²) in [7, 11) is 1.61. The van der Waals surface area contributed by atoms with Crippen LogP contribution in [0.4, 0.5) is 0 Å². The molecule has 0 bridgehead atoms. The molecule has 2 N–H and O–H groups in total. The number of amidine groups is 1. The predicted octanol–water partition coefficient (Wildman–Crippen LogP) is 3.04. The third-order valence-electron chi connectivity index (χ3n) is 2.76. The second-order valence-electron chi connectivity index (χ2n) is 4.29. The highest BCUT2D eigenvalue weighted by Gasteiger charge is 1.99. The van der Waals surface area contributed by atoms with E-state index < -0.39 is 0 Å². The number of halogens is 1. The SMILES string of the molecule is COc1ccc(/C(N)=N/OCC#Cc2ccc(Cl)cc2)cc1. The molecule has 2 aromatic carbocycles. The number of methoxy groups -OCH3 is 1. The predicted molar refractivity (Wildman–Crippen MR) is 88.0 cm³/mol. The largest absolute Gasteiger partial charge is 0.497 e. The van der Waals surface area contributed by atoms with Gasteiger partial charge in [-0.05, 0) is 48.5 Å². The molecule has 0 aromatic heterocycles. The molecule has 0 radical (unpaired) electrons. The lowest BCUT2D eigenvalue weighted by Gasteiger charge is -2.02. The molecule has 112 valence electrons. The maximum Gasteiger partial charge on any atom is 0.177 e. The van der Waals surface area contributed by atoms with Crippen molar-refractivity contribution in [1.29, 1.82) is 0 Å². The number of nitrogens with two attached hydrogens (primary N) is 1. The van der Waals surface area contributed by atoms with Crippen LogP contribution >= 0.6 is 11.6 Å².